The molecule has 2 aliphatic heterocycles. The van der Waals surface area contributed by atoms with Gasteiger partial charge in [-0.2, -0.15) is 5.26 Å². The minimum absolute atomic E-state index is 0.457. The number of tetrazole rings is 1. The summed E-state index contributed by atoms with van der Waals surface area (Å²) in [5.41, 5.74) is 4.09. The largest absolute Gasteiger partial charge is 0.544 e. The van der Waals surface area contributed by atoms with Gasteiger partial charge in [-0.3, -0.25) is 4.90 Å². The van der Waals surface area contributed by atoms with E-state index in [9.17, 15) is 5.26 Å². The molecule has 0 amide bonds. The van der Waals surface area contributed by atoms with Gasteiger partial charge in [0, 0.05) is 61.9 Å². The molecule has 2 saturated heterocycles. The number of ether oxygens (including phenoxy) is 2. The fourth-order valence-corrected chi connectivity index (χ4v) is 7.14. The molecule has 13 nitrogen and oxygen atoms in total. The van der Waals surface area contributed by atoms with Gasteiger partial charge in [-0.15, -0.1) is 5.10 Å². The van der Waals surface area contributed by atoms with E-state index in [-0.39, 0.29) is 0 Å². The Balaban J connectivity index is 1.13. The summed E-state index contributed by atoms with van der Waals surface area (Å²) in [7, 11) is -0.0708. The number of anilines is 3. The number of morpholine rings is 1. The zero-order valence-electron chi connectivity index (χ0n) is 25.0. The van der Waals surface area contributed by atoms with E-state index < -0.39 is 9.04 Å². The van der Waals surface area contributed by atoms with E-state index in [0.717, 1.165) is 67.6 Å². The molecule has 1 N–H and O–H groups in total. The van der Waals surface area contributed by atoms with Crippen LogP contribution in [0.5, 0.6) is 11.5 Å². The second-order valence-corrected chi connectivity index (χ2v) is 13.2. The maximum Gasteiger partial charge on any atom is 0.253 e. The first-order chi connectivity index (χ1) is 21.6. The lowest BCUT2D eigenvalue weighted by Gasteiger charge is -2.34. The molecule has 0 radical (unpaired) electrons. The molecule has 2 fully saturated rings. The minimum Gasteiger partial charge on any atom is -0.544 e. The average molecular weight is 613 g/mol. The maximum atomic E-state index is 9.62. The summed E-state index contributed by atoms with van der Waals surface area (Å²) in [6.45, 7) is 7.76. The molecule has 2 atom stereocenters. The summed E-state index contributed by atoms with van der Waals surface area (Å²) >= 11 is 0. The molecular formula is C30H36N10O3Si. The molecule has 0 spiro atoms. The van der Waals surface area contributed by atoms with Crippen molar-refractivity contribution < 1.29 is 13.9 Å². The first-order valence-electron chi connectivity index (χ1n) is 14.9. The zero-order chi connectivity index (χ0) is 30.3. The molecule has 4 aromatic rings. The summed E-state index contributed by atoms with van der Waals surface area (Å²) < 4.78 is 19.2. The maximum absolute atomic E-state index is 9.62. The first kappa shape index (κ1) is 29.5. The Morgan fingerprint density at radius 2 is 1.91 bits per heavy atom. The highest BCUT2D eigenvalue weighted by atomic mass is 28.3. The third kappa shape index (κ3) is 6.96. The number of rotatable bonds is 11. The molecular weight excluding hydrogens is 576 g/mol. The van der Waals surface area contributed by atoms with Gasteiger partial charge in [-0.05, 0) is 59.6 Å². The Morgan fingerprint density at radius 3 is 2.66 bits per heavy atom. The highest BCUT2D eigenvalue weighted by Crippen LogP contribution is 2.35. The normalized spacial score (nSPS) is 17.7. The molecule has 0 saturated carbocycles. The molecule has 0 bridgehead atoms. The van der Waals surface area contributed by atoms with Crippen LogP contribution in [-0.4, -0.2) is 96.7 Å². The highest BCUT2D eigenvalue weighted by Gasteiger charge is 2.28. The Morgan fingerprint density at radius 1 is 1.07 bits per heavy atom. The van der Waals surface area contributed by atoms with Crippen LogP contribution >= 0.6 is 0 Å². The predicted molar refractivity (Wildman–Crippen MR) is 168 cm³/mol. The van der Waals surface area contributed by atoms with E-state index in [0.29, 0.717) is 29.5 Å². The van der Waals surface area contributed by atoms with Crippen LogP contribution in [0.3, 0.4) is 0 Å². The number of hydrogen-bond acceptors (Lipinski definition) is 12. The van der Waals surface area contributed by atoms with Crippen LogP contribution in [0.1, 0.15) is 18.4 Å². The van der Waals surface area contributed by atoms with Crippen LogP contribution in [0.15, 0.2) is 55.1 Å². The van der Waals surface area contributed by atoms with Crippen LogP contribution in [-0.2, 0) is 10.9 Å². The van der Waals surface area contributed by atoms with Crippen molar-refractivity contribution in [3.8, 4) is 28.7 Å². The monoisotopic (exact) mass is 612 g/mol. The van der Waals surface area contributed by atoms with Crippen LogP contribution in [0.4, 0.5) is 17.3 Å². The first-order valence-corrected chi connectivity index (χ1v) is 17.3. The fourth-order valence-electron chi connectivity index (χ4n) is 5.74. The highest BCUT2D eigenvalue weighted by molar-refractivity contribution is 6.49. The van der Waals surface area contributed by atoms with Crippen molar-refractivity contribution in [1.82, 2.24) is 35.1 Å². The third-order valence-corrected chi connectivity index (χ3v) is 9.51. The van der Waals surface area contributed by atoms with Crippen molar-refractivity contribution in [3.63, 3.8) is 0 Å². The Bertz CT molecular complexity index is 1580. The van der Waals surface area contributed by atoms with Crippen molar-refractivity contribution >= 4 is 26.4 Å². The molecule has 4 heterocycles. The van der Waals surface area contributed by atoms with Gasteiger partial charge >= 0.3 is 0 Å². The van der Waals surface area contributed by atoms with Gasteiger partial charge in [0.25, 0.3) is 9.04 Å². The van der Waals surface area contributed by atoms with Crippen LogP contribution in [0, 0.1) is 11.3 Å². The van der Waals surface area contributed by atoms with Gasteiger partial charge < -0.3 is 24.1 Å². The van der Waals surface area contributed by atoms with Crippen molar-refractivity contribution in [1.29, 1.82) is 5.26 Å². The van der Waals surface area contributed by atoms with E-state index in [1.165, 1.54) is 12.8 Å². The van der Waals surface area contributed by atoms with E-state index in [1.807, 2.05) is 24.7 Å². The van der Waals surface area contributed by atoms with Crippen LogP contribution in [0.2, 0.25) is 6.55 Å². The van der Waals surface area contributed by atoms with Crippen LogP contribution < -0.4 is 19.4 Å². The standard InChI is InChI=1S/C30H36N10O3Si/c1-41-29-15-25(40-9-3-4-26(40)19-38-10-12-42-13-11-38)7-8-27(29)35-30-32-17-24(18-33-30)22-5-6-23(16-31)28(14-22)43-44(2)21-39-20-34-36-37-39/h5-8,14-15,17-18,20,26,44H,3-4,9-13,19,21H2,1-2H3,(H,32,33,35)/t26?,44-/m0/s1. The van der Waals surface area contributed by atoms with E-state index in [1.54, 1.807) is 36.6 Å². The molecule has 2 aromatic heterocycles. The third-order valence-electron chi connectivity index (χ3n) is 7.96. The smallest absolute Gasteiger partial charge is 0.253 e. The van der Waals surface area contributed by atoms with Crippen molar-refractivity contribution in [2.75, 3.05) is 56.7 Å². The average Bonchev–Trinajstić information content (AvgIpc) is 3.74. The van der Waals surface area contributed by atoms with Gasteiger partial charge in [-0.25, -0.2) is 14.6 Å². The predicted octanol–water partition coefficient (Wildman–Crippen LogP) is 3.03. The summed E-state index contributed by atoms with van der Waals surface area (Å²) in [5.74, 6) is 1.73. The SMILES string of the molecule is COc1cc(N2CCCC2CN2CCOCC2)ccc1Nc1ncc(-c2ccc(C#N)c(O[Si@@H](C)Cn3cnnn3)c2)cn1. The van der Waals surface area contributed by atoms with Gasteiger partial charge in [0.15, 0.2) is 0 Å². The fraction of sp³-hybridized carbons (Fsp3) is 0.400. The number of nitrogens with one attached hydrogen (secondary N) is 1. The van der Waals surface area contributed by atoms with Gasteiger partial charge in [0.1, 0.15) is 23.9 Å². The van der Waals surface area contributed by atoms with E-state index in [2.05, 4.69) is 58.8 Å². The molecule has 14 heteroatoms. The Kier molecular flexibility index (Phi) is 9.25. The molecule has 228 valence electrons. The lowest BCUT2D eigenvalue weighted by Crippen LogP contribution is -2.45. The lowest BCUT2D eigenvalue weighted by atomic mass is 10.1. The summed E-state index contributed by atoms with van der Waals surface area (Å²) in [4.78, 5) is 14.1. The summed E-state index contributed by atoms with van der Waals surface area (Å²) in [6, 6.07) is 14.4. The zero-order valence-corrected chi connectivity index (χ0v) is 26.1. The number of nitriles is 1. The number of benzene rings is 2. The topological polar surface area (TPSA) is 139 Å². The quantitative estimate of drug-likeness (QED) is 0.249. The molecule has 2 aromatic carbocycles. The number of methoxy groups -OCH3 is 1. The van der Waals surface area contributed by atoms with Gasteiger partial charge in [0.05, 0.1) is 37.7 Å². The molecule has 1 unspecified atom stereocenters. The Hall–Kier alpha value is -4.58. The van der Waals surface area contributed by atoms with Gasteiger partial charge in [-0.1, -0.05) is 6.07 Å². The Labute approximate surface area is 258 Å². The van der Waals surface area contributed by atoms with Crippen LogP contribution in [0.25, 0.3) is 11.1 Å². The number of aromatic nitrogens is 6. The van der Waals surface area contributed by atoms with Crippen molar-refractivity contribution in [2.45, 2.75) is 31.6 Å². The lowest BCUT2D eigenvalue weighted by molar-refractivity contribution is 0.0355. The van der Waals surface area contributed by atoms with Crippen molar-refractivity contribution in [3.05, 3.63) is 60.7 Å². The number of hydrogen-bond donors (Lipinski definition) is 1. The van der Waals surface area contributed by atoms with E-state index in [4.69, 9.17) is 13.9 Å². The minimum atomic E-state index is -1.75. The van der Waals surface area contributed by atoms with E-state index >= 15 is 0 Å². The van der Waals surface area contributed by atoms with Crippen molar-refractivity contribution in [2.24, 2.45) is 0 Å². The second-order valence-electron chi connectivity index (χ2n) is 11.0. The molecule has 6 rings (SSSR count). The molecule has 2 aliphatic rings. The van der Waals surface area contributed by atoms with Gasteiger partial charge in [0.2, 0.25) is 5.95 Å². The number of nitrogens with zero attached hydrogens (tertiary/aromatic N) is 9. The second kappa shape index (κ2) is 13.8. The molecule has 44 heavy (non-hydrogen) atoms. The summed E-state index contributed by atoms with van der Waals surface area (Å²) in [5, 5.41) is 24.2. The molecule has 0 aliphatic carbocycles. The summed E-state index contributed by atoms with van der Waals surface area (Å²) in [6.07, 6.45) is 8.03.